The second kappa shape index (κ2) is 4.22. The molecule has 9 nitrogen and oxygen atoms in total. The summed E-state index contributed by atoms with van der Waals surface area (Å²) < 4.78 is 28.4. The van der Waals surface area contributed by atoms with E-state index in [1.54, 1.807) is 11.6 Å². The number of H-pyrrole nitrogens is 1. The van der Waals surface area contributed by atoms with E-state index >= 15 is 0 Å². The van der Waals surface area contributed by atoms with Crippen molar-refractivity contribution in [3.63, 3.8) is 0 Å². The molecule has 0 atom stereocenters. The Balaban J connectivity index is 2.14. The van der Waals surface area contributed by atoms with E-state index in [0.29, 0.717) is 4.96 Å². The number of hydrogen-bond acceptors (Lipinski definition) is 7. The molecule has 0 aliphatic rings. The van der Waals surface area contributed by atoms with E-state index in [1.807, 2.05) is 0 Å². The number of aromatic amines is 1. The number of nitrogen functional groups attached to an aromatic ring is 1. The van der Waals surface area contributed by atoms with Crippen LogP contribution in [0.3, 0.4) is 0 Å². The molecule has 5 N–H and O–H groups in total. The minimum absolute atomic E-state index is 0.0670. The summed E-state index contributed by atoms with van der Waals surface area (Å²) in [5.74, 6) is 5.50. The molecular weight excluding hydrogens is 290 g/mol. The molecule has 19 heavy (non-hydrogen) atoms. The predicted molar refractivity (Wildman–Crippen MR) is 70.3 cm³/mol. The number of sulfonamides is 1. The van der Waals surface area contributed by atoms with Crippen LogP contribution >= 0.6 is 11.3 Å². The third kappa shape index (κ3) is 1.93. The average Bonchev–Trinajstić information content (AvgIpc) is 3.01. The van der Waals surface area contributed by atoms with Crippen LogP contribution in [0.4, 0.5) is 11.8 Å². The Kier molecular flexibility index (Phi) is 2.66. The van der Waals surface area contributed by atoms with Gasteiger partial charge in [-0.3, -0.25) is 4.40 Å². The van der Waals surface area contributed by atoms with Crippen LogP contribution in [0.1, 0.15) is 0 Å². The van der Waals surface area contributed by atoms with Gasteiger partial charge in [0.25, 0.3) is 10.0 Å². The molecule has 0 aliphatic heterocycles. The maximum absolute atomic E-state index is 12.3. The maximum Gasteiger partial charge on any atom is 0.284 e. The molecule has 0 saturated heterocycles. The highest BCUT2D eigenvalue weighted by Crippen LogP contribution is 2.26. The Labute approximate surface area is 111 Å². The Morgan fingerprint density at radius 3 is 3.00 bits per heavy atom. The van der Waals surface area contributed by atoms with Gasteiger partial charge in [-0.25, -0.2) is 15.5 Å². The lowest BCUT2D eigenvalue weighted by Gasteiger charge is -2.06. The number of rotatable bonds is 4. The summed E-state index contributed by atoms with van der Waals surface area (Å²) in [6.45, 7) is 0. The van der Waals surface area contributed by atoms with Crippen LogP contribution < -0.4 is 16.0 Å². The number of hydrazine groups is 1. The molecule has 3 aromatic rings. The van der Waals surface area contributed by atoms with Crippen LogP contribution in [0.5, 0.6) is 0 Å². The molecule has 3 aromatic heterocycles. The smallest absolute Gasteiger partial charge is 0.284 e. The number of thiazole rings is 1. The van der Waals surface area contributed by atoms with E-state index in [4.69, 9.17) is 5.84 Å². The van der Waals surface area contributed by atoms with Crippen molar-refractivity contribution < 1.29 is 8.42 Å². The van der Waals surface area contributed by atoms with E-state index < -0.39 is 10.0 Å². The molecule has 0 aliphatic carbocycles. The van der Waals surface area contributed by atoms with Crippen molar-refractivity contribution >= 4 is 38.1 Å². The SMILES string of the molecule is NNc1nc2sccn2c1S(=O)(=O)Nc1ncc[nH]1. The number of imidazole rings is 2. The first-order valence-corrected chi connectivity index (χ1v) is 7.42. The number of nitrogens with one attached hydrogen (secondary N) is 3. The van der Waals surface area contributed by atoms with Crippen molar-refractivity contribution in [1.29, 1.82) is 0 Å². The van der Waals surface area contributed by atoms with Crippen molar-refractivity contribution in [3.8, 4) is 0 Å². The first-order valence-electron chi connectivity index (χ1n) is 5.06. The number of nitrogens with zero attached hydrogens (tertiary/aromatic N) is 3. The van der Waals surface area contributed by atoms with Gasteiger partial charge < -0.3 is 10.4 Å². The van der Waals surface area contributed by atoms with Crippen LogP contribution in [-0.2, 0) is 10.0 Å². The van der Waals surface area contributed by atoms with E-state index in [9.17, 15) is 8.42 Å². The summed E-state index contributed by atoms with van der Waals surface area (Å²) in [4.78, 5) is 11.1. The van der Waals surface area contributed by atoms with E-state index in [-0.39, 0.29) is 16.8 Å². The topological polar surface area (TPSA) is 130 Å². The van der Waals surface area contributed by atoms with E-state index in [0.717, 1.165) is 0 Å². The number of fused-ring (bicyclic) bond motifs is 1. The van der Waals surface area contributed by atoms with Crippen molar-refractivity contribution in [2.24, 2.45) is 5.84 Å². The highest BCUT2D eigenvalue weighted by Gasteiger charge is 2.26. The Hall–Kier alpha value is -2.11. The molecule has 0 aromatic carbocycles. The monoisotopic (exact) mass is 299 g/mol. The fraction of sp³-hybridized carbons (Fsp3) is 0. The quantitative estimate of drug-likeness (QED) is 0.402. The second-order valence-electron chi connectivity index (χ2n) is 3.51. The van der Waals surface area contributed by atoms with Crippen molar-refractivity contribution in [2.45, 2.75) is 5.03 Å². The van der Waals surface area contributed by atoms with Crippen LogP contribution in [0.2, 0.25) is 0 Å². The highest BCUT2D eigenvalue weighted by atomic mass is 32.2. The molecular formula is C8H9N7O2S2. The zero-order valence-electron chi connectivity index (χ0n) is 9.36. The first-order chi connectivity index (χ1) is 9.12. The maximum atomic E-state index is 12.3. The fourth-order valence-electron chi connectivity index (χ4n) is 1.61. The van der Waals surface area contributed by atoms with E-state index in [1.165, 1.54) is 28.1 Å². The molecule has 0 spiro atoms. The summed E-state index contributed by atoms with van der Waals surface area (Å²) in [7, 11) is -3.86. The van der Waals surface area contributed by atoms with Gasteiger partial charge in [-0.2, -0.15) is 13.4 Å². The van der Waals surface area contributed by atoms with Crippen molar-refractivity contribution in [2.75, 3.05) is 10.1 Å². The minimum atomic E-state index is -3.86. The van der Waals surface area contributed by atoms with E-state index in [2.05, 4.69) is 25.1 Å². The summed E-state index contributed by atoms with van der Waals surface area (Å²) in [5.41, 5.74) is 2.28. The van der Waals surface area contributed by atoms with Gasteiger partial charge in [0, 0.05) is 24.0 Å². The van der Waals surface area contributed by atoms with Gasteiger partial charge in [0.05, 0.1) is 0 Å². The molecule has 3 heterocycles. The van der Waals surface area contributed by atoms with Gasteiger partial charge in [0.2, 0.25) is 11.0 Å². The van der Waals surface area contributed by atoms with Crippen LogP contribution in [0.15, 0.2) is 29.0 Å². The van der Waals surface area contributed by atoms with Gasteiger partial charge in [0.1, 0.15) is 0 Å². The van der Waals surface area contributed by atoms with Gasteiger partial charge in [-0.15, -0.1) is 11.3 Å². The number of anilines is 2. The van der Waals surface area contributed by atoms with Crippen LogP contribution in [-0.4, -0.2) is 27.8 Å². The standard InChI is InChI=1S/C8H9N7O2S2/c9-13-5-6(15-3-4-18-8(15)12-5)19(16,17)14-7-10-1-2-11-7/h1-4,13H,9H2,(H2,10,11,14). The zero-order chi connectivity index (χ0) is 13.5. The summed E-state index contributed by atoms with van der Waals surface area (Å²) in [6, 6.07) is 0. The third-order valence-corrected chi connectivity index (χ3v) is 4.46. The lowest BCUT2D eigenvalue weighted by Crippen LogP contribution is -2.19. The minimum Gasteiger partial charge on any atom is -0.330 e. The molecule has 0 fully saturated rings. The average molecular weight is 299 g/mol. The van der Waals surface area contributed by atoms with Crippen LogP contribution in [0, 0.1) is 0 Å². The van der Waals surface area contributed by atoms with Gasteiger partial charge >= 0.3 is 0 Å². The number of aromatic nitrogens is 4. The summed E-state index contributed by atoms with van der Waals surface area (Å²) in [5, 5.41) is 1.66. The molecule has 100 valence electrons. The Morgan fingerprint density at radius 2 is 2.32 bits per heavy atom. The molecule has 3 rings (SSSR count). The predicted octanol–water partition coefficient (Wildman–Crippen LogP) is 0.205. The molecule has 11 heteroatoms. The largest absolute Gasteiger partial charge is 0.330 e. The van der Waals surface area contributed by atoms with Crippen molar-refractivity contribution in [3.05, 3.63) is 24.0 Å². The fourth-order valence-corrected chi connectivity index (χ4v) is 3.61. The Bertz CT molecular complexity index is 802. The normalized spacial score (nSPS) is 11.8. The van der Waals surface area contributed by atoms with Gasteiger partial charge in [-0.05, 0) is 0 Å². The number of nitrogens with two attached hydrogens (primary N) is 1. The zero-order valence-corrected chi connectivity index (χ0v) is 11.0. The summed E-state index contributed by atoms with van der Waals surface area (Å²) in [6.07, 6.45) is 4.55. The third-order valence-electron chi connectivity index (χ3n) is 2.34. The summed E-state index contributed by atoms with van der Waals surface area (Å²) >= 11 is 1.30. The van der Waals surface area contributed by atoms with Crippen LogP contribution in [0.25, 0.3) is 4.96 Å². The highest BCUT2D eigenvalue weighted by molar-refractivity contribution is 7.92. The van der Waals surface area contributed by atoms with Gasteiger partial charge in [0.15, 0.2) is 10.8 Å². The lowest BCUT2D eigenvalue weighted by molar-refractivity contribution is 0.596. The lowest BCUT2D eigenvalue weighted by atomic mass is 10.7. The molecule has 0 amide bonds. The second-order valence-corrected chi connectivity index (χ2v) is 5.98. The Morgan fingerprint density at radius 1 is 1.47 bits per heavy atom. The first kappa shape index (κ1) is 12.0. The molecule has 0 bridgehead atoms. The number of hydrogen-bond donors (Lipinski definition) is 4. The molecule has 0 radical (unpaired) electrons. The van der Waals surface area contributed by atoms with Gasteiger partial charge in [-0.1, -0.05) is 0 Å². The molecule has 0 saturated carbocycles. The van der Waals surface area contributed by atoms with Crippen molar-refractivity contribution in [1.82, 2.24) is 19.4 Å². The molecule has 0 unspecified atom stereocenters.